The molecule has 1 aromatic rings. The number of amides is 1. The van der Waals surface area contributed by atoms with E-state index in [0.717, 1.165) is 35.1 Å². The second-order valence-corrected chi connectivity index (χ2v) is 4.96. The van der Waals surface area contributed by atoms with Gasteiger partial charge in [0, 0.05) is 10.2 Å². The largest absolute Gasteiger partial charge is 0.325 e. The van der Waals surface area contributed by atoms with E-state index in [1.54, 1.807) is 0 Å². The second kappa shape index (κ2) is 6.38. The van der Waals surface area contributed by atoms with Crippen LogP contribution in [0.15, 0.2) is 22.7 Å². The van der Waals surface area contributed by atoms with E-state index in [1.165, 1.54) is 0 Å². The van der Waals surface area contributed by atoms with E-state index in [4.69, 9.17) is 0 Å². The molecule has 17 heavy (non-hydrogen) atoms. The van der Waals surface area contributed by atoms with E-state index in [2.05, 4.69) is 26.6 Å². The predicted molar refractivity (Wildman–Crippen MR) is 75.8 cm³/mol. The summed E-state index contributed by atoms with van der Waals surface area (Å²) in [6.07, 6.45) is 2.01. The molecule has 3 nitrogen and oxygen atoms in total. The molecular formula is C12H16BrClN2O. The van der Waals surface area contributed by atoms with Crippen LogP contribution in [0.5, 0.6) is 0 Å². The van der Waals surface area contributed by atoms with Crippen LogP contribution >= 0.6 is 28.3 Å². The van der Waals surface area contributed by atoms with Gasteiger partial charge in [-0.2, -0.15) is 0 Å². The molecule has 1 atom stereocenters. The van der Waals surface area contributed by atoms with Gasteiger partial charge in [0.2, 0.25) is 5.91 Å². The Morgan fingerprint density at radius 2 is 2.29 bits per heavy atom. The molecule has 1 heterocycles. The van der Waals surface area contributed by atoms with Crippen LogP contribution < -0.4 is 10.6 Å². The number of carbonyl (C=O) groups is 1. The fourth-order valence-electron chi connectivity index (χ4n) is 1.86. The lowest BCUT2D eigenvalue weighted by Crippen LogP contribution is -2.35. The first-order chi connectivity index (χ1) is 7.66. The zero-order valence-electron chi connectivity index (χ0n) is 9.63. The molecule has 1 aliphatic rings. The molecule has 1 unspecified atom stereocenters. The van der Waals surface area contributed by atoms with Gasteiger partial charge >= 0.3 is 0 Å². The molecule has 0 saturated carbocycles. The smallest absolute Gasteiger partial charge is 0.241 e. The molecule has 94 valence electrons. The highest BCUT2D eigenvalue weighted by molar-refractivity contribution is 9.10. The van der Waals surface area contributed by atoms with Gasteiger partial charge in [-0.05, 0) is 50.1 Å². The average molecular weight is 320 g/mol. The van der Waals surface area contributed by atoms with Gasteiger partial charge < -0.3 is 10.6 Å². The van der Waals surface area contributed by atoms with Gasteiger partial charge in [0.15, 0.2) is 0 Å². The molecule has 1 saturated heterocycles. The summed E-state index contributed by atoms with van der Waals surface area (Å²) in [6.45, 7) is 2.95. The van der Waals surface area contributed by atoms with Gasteiger partial charge in [-0.3, -0.25) is 4.79 Å². The first-order valence-electron chi connectivity index (χ1n) is 5.47. The molecule has 1 aliphatic heterocycles. The summed E-state index contributed by atoms with van der Waals surface area (Å²) in [5.74, 6) is 0.0687. The van der Waals surface area contributed by atoms with Gasteiger partial charge in [0.1, 0.15) is 0 Å². The van der Waals surface area contributed by atoms with Crippen molar-refractivity contribution in [3.8, 4) is 0 Å². The lowest BCUT2D eigenvalue weighted by molar-refractivity contribution is -0.117. The summed E-state index contributed by atoms with van der Waals surface area (Å²) < 4.78 is 1.06. The van der Waals surface area contributed by atoms with Crippen molar-refractivity contribution in [3.63, 3.8) is 0 Å². The Hall–Kier alpha value is -0.580. The van der Waals surface area contributed by atoms with Crippen LogP contribution in [0.1, 0.15) is 18.4 Å². The lowest BCUT2D eigenvalue weighted by atomic mass is 10.2. The minimum Gasteiger partial charge on any atom is -0.325 e. The van der Waals surface area contributed by atoms with E-state index in [9.17, 15) is 4.79 Å². The van der Waals surface area contributed by atoms with E-state index < -0.39 is 0 Å². The first-order valence-corrected chi connectivity index (χ1v) is 6.26. The number of carbonyl (C=O) groups excluding carboxylic acids is 1. The van der Waals surface area contributed by atoms with E-state index in [1.807, 2.05) is 25.1 Å². The zero-order valence-corrected chi connectivity index (χ0v) is 12.0. The van der Waals surface area contributed by atoms with E-state index >= 15 is 0 Å². The minimum atomic E-state index is -0.0241. The van der Waals surface area contributed by atoms with Crippen LogP contribution in [0.25, 0.3) is 0 Å². The summed E-state index contributed by atoms with van der Waals surface area (Å²) in [4.78, 5) is 11.8. The SMILES string of the molecule is Cc1cc(NC(=O)C2CCCN2)ccc1Br.Cl. The van der Waals surface area contributed by atoms with Crippen LogP contribution in [0.2, 0.25) is 0 Å². The number of hydrogen-bond acceptors (Lipinski definition) is 2. The van der Waals surface area contributed by atoms with E-state index in [-0.39, 0.29) is 24.4 Å². The third kappa shape index (κ3) is 3.69. The molecule has 1 aromatic carbocycles. The zero-order chi connectivity index (χ0) is 11.5. The maximum absolute atomic E-state index is 11.8. The number of rotatable bonds is 2. The van der Waals surface area contributed by atoms with Crippen molar-refractivity contribution in [3.05, 3.63) is 28.2 Å². The molecule has 0 bridgehead atoms. The highest BCUT2D eigenvalue weighted by Gasteiger charge is 2.21. The number of aryl methyl sites for hydroxylation is 1. The predicted octanol–water partition coefficient (Wildman–Crippen LogP) is 2.87. The van der Waals surface area contributed by atoms with E-state index in [0.29, 0.717) is 0 Å². The summed E-state index contributed by atoms with van der Waals surface area (Å²) >= 11 is 3.44. The number of benzene rings is 1. The molecule has 5 heteroatoms. The van der Waals surface area contributed by atoms with Gasteiger partial charge in [-0.15, -0.1) is 12.4 Å². The van der Waals surface area contributed by atoms with Crippen LogP contribution in [0, 0.1) is 6.92 Å². The van der Waals surface area contributed by atoms with Crippen LogP contribution in [0.4, 0.5) is 5.69 Å². The van der Waals surface area contributed by atoms with Crippen LogP contribution in [0.3, 0.4) is 0 Å². The normalized spacial score (nSPS) is 18.6. The third-order valence-corrected chi connectivity index (χ3v) is 3.69. The van der Waals surface area contributed by atoms with Crippen molar-refractivity contribution in [2.24, 2.45) is 0 Å². The number of anilines is 1. The summed E-state index contributed by atoms with van der Waals surface area (Å²) in [5.41, 5.74) is 1.98. The summed E-state index contributed by atoms with van der Waals surface area (Å²) in [6, 6.07) is 5.80. The Bertz CT molecular complexity index is 405. The standard InChI is InChI=1S/C12H15BrN2O.ClH/c1-8-7-9(4-5-10(8)13)15-12(16)11-3-2-6-14-11;/h4-5,7,11,14H,2-3,6H2,1H3,(H,15,16);1H. The fourth-order valence-corrected chi connectivity index (χ4v) is 2.11. The highest BCUT2D eigenvalue weighted by atomic mass is 79.9. The molecule has 0 aliphatic carbocycles. The number of halogens is 2. The Kier molecular flexibility index (Phi) is 5.43. The van der Waals surface area contributed by atoms with Gasteiger partial charge in [0.25, 0.3) is 0 Å². The molecular weight excluding hydrogens is 304 g/mol. The molecule has 1 amide bonds. The van der Waals surface area contributed by atoms with Crippen molar-refractivity contribution >= 4 is 39.9 Å². The quantitative estimate of drug-likeness (QED) is 0.880. The summed E-state index contributed by atoms with van der Waals surface area (Å²) in [7, 11) is 0. The van der Waals surface area contributed by atoms with Crippen LogP contribution in [-0.2, 0) is 4.79 Å². The van der Waals surface area contributed by atoms with Gasteiger partial charge in [0.05, 0.1) is 6.04 Å². The molecule has 0 radical (unpaired) electrons. The Morgan fingerprint density at radius 3 is 2.88 bits per heavy atom. The maximum atomic E-state index is 11.8. The maximum Gasteiger partial charge on any atom is 0.241 e. The number of hydrogen-bond donors (Lipinski definition) is 2. The Morgan fingerprint density at radius 1 is 1.53 bits per heavy atom. The Balaban J connectivity index is 0.00000144. The average Bonchev–Trinajstić information content (AvgIpc) is 2.77. The minimum absolute atomic E-state index is 0. The van der Waals surface area contributed by atoms with Crippen molar-refractivity contribution in [2.45, 2.75) is 25.8 Å². The van der Waals surface area contributed by atoms with Crippen molar-refractivity contribution in [2.75, 3.05) is 11.9 Å². The number of nitrogens with one attached hydrogen (secondary N) is 2. The monoisotopic (exact) mass is 318 g/mol. The molecule has 2 N–H and O–H groups in total. The van der Waals surface area contributed by atoms with Crippen molar-refractivity contribution in [1.29, 1.82) is 0 Å². The lowest BCUT2D eigenvalue weighted by Gasteiger charge is -2.11. The second-order valence-electron chi connectivity index (χ2n) is 4.10. The highest BCUT2D eigenvalue weighted by Crippen LogP contribution is 2.20. The molecule has 2 rings (SSSR count). The van der Waals surface area contributed by atoms with Gasteiger partial charge in [-0.25, -0.2) is 0 Å². The van der Waals surface area contributed by atoms with Gasteiger partial charge in [-0.1, -0.05) is 15.9 Å². The first kappa shape index (κ1) is 14.5. The van der Waals surface area contributed by atoms with Crippen molar-refractivity contribution in [1.82, 2.24) is 5.32 Å². The van der Waals surface area contributed by atoms with Crippen LogP contribution in [-0.4, -0.2) is 18.5 Å². The molecule has 0 aromatic heterocycles. The molecule has 1 fully saturated rings. The van der Waals surface area contributed by atoms with Crippen molar-refractivity contribution < 1.29 is 4.79 Å². The Labute approximate surface area is 116 Å². The molecule has 0 spiro atoms. The topological polar surface area (TPSA) is 41.1 Å². The third-order valence-electron chi connectivity index (χ3n) is 2.80. The fraction of sp³-hybridized carbons (Fsp3) is 0.417. The summed E-state index contributed by atoms with van der Waals surface area (Å²) in [5, 5.41) is 6.11.